The van der Waals surface area contributed by atoms with Gasteiger partial charge in [-0.05, 0) is 38.5 Å². The Hall–Kier alpha value is -4.68. The first kappa shape index (κ1) is 36.3. The summed E-state index contributed by atoms with van der Waals surface area (Å²) in [5, 5.41) is 16.6. The van der Waals surface area contributed by atoms with E-state index in [2.05, 4.69) is 25.9 Å². The van der Waals surface area contributed by atoms with Crippen LogP contribution in [0.15, 0.2) is 9.98 Å². The van der Waals surface area contributed by atoms with E-state index in [-0.39, 0.29) is 70.0 Å². The van der Waals surface area contributed by atoms with E-state index in [1.54, 1.807) is 0 Å². The molecule has 0 spiro atoms. The van der Waals surface area contributed by atoms with E-state index in [0.29, 0.717) is 6.42 Å². The van der Waals surface area contributed by atoms with Gasteiger partial charge in [-0.25, -0.2) is 4.79 Å². The number of nitrogens with one attached hydrogen (secondary N) is 3. The summed E-state index contributed by atoms with van der Waals surface area (Å²) in [6.07, 6.45) is -0.471. The van der Waals surface area contributed by atoms with E-state index < -0.39 is 59.7 Å². The van der Waals surface area contributed by atoms with E-state index in [9.17, 15) is 33.9 Å². The van der Waals surface area contributed by atoms with Gasteiger partial charge in [0, 0.05) is 25.9 Å². The number of aliphatic carboxylic acids is 1. The SMILES string of the molecule is NC(=O)CCC(NC(=O)C(N)CCCN=C(N)N)C(=O)NC(CCC(N)=O)C(=O)NC(CCCN=C(N)N)C(=O)O. The maximum absolute atomic E-state index is 13.1. The molecule has 5 amide bonds. The standard InChI is InChI=1S/C22H42N12O7/c23-11(3-1-9-30-21(26)27)17(37)32-12(5-7-15(24)35)18(38)33-13(6-8-16(25)36)19(39)34-14(20(40)41)4-2-10-31-22(28)29/h11-14H,1-10,23H2,(H2,24,35)(H2,25,36)(H,32,37)(H,33,38)(H,34,39)(H,40,41)(H4,26,27,30)(H4,28,29,31). The lowest BCUT2D eigenvalue weighted by atomic mass is 10.0. The number of amides is 5. The molecule has 41 heavy (non-hydrogen) atoms. The summed E-state index contributed by atoms with van der Waals surface area (Å²) in [7, 11) is 0. The van der Waals surface area contributed by atoms with Crippen LogP contribution in [0.25, 0.3) is 0 Å². The number of rotatable bonds is 21. The van der Waals surface area contributed by atoms with Crippen molar-refractivity contribution < 1.29 is 33.9 Å². The zero-order valence-electron chi connectivity index (χ0n) is 22.7. The van der Waals surface area contributed by atoms with Crippen LogP contribution in [-0.4, -0.2) is 89.8 Å². The molecular formula is C22H42N12O7. The topological polar surface area (TPSA) is 366 Å². The van der Waals surface area contributed by atoms with Crippen molar-refractivity contribution in [3.63, 3.8) is 0 Å². The van der Waals surface area contributed by atoms with Gasteiger partial charge in [0.25, 0.3) is 0 Å². The summed E-state index contributed by atoms with van der Waals surface area (Å²) in [5.74, 6) is -5.77. The monoisotopic (exact) mass is 586 g/mol. The van der Waals surface area contributed by atoms with Crippen molar-refractivity contribution in [1.82, 2.24) is 16.0 Å². The summed E-state index contributed by atoms with van der Waals surface area (Å²) in [4.78, 5) is 80.5. The zero-order valence-corrected chi connectivity index (χ0v) is 22.7. The molecular weight excluding hydrogens is 544 g/mol. The molecule has 0 aromatic heterocycles. The van der Waals surface area contributed by atoms with Gasteiger partial charge in [-0.1, -0.05) is 0 Å². The minimum absolute atomic E-state index is 0.0489. The van der Waals surface area contributed by atoms with E-state index >= 15 is 0 Å². The molecule has 0 rings (SSSR count). The molecule has 4 atom stereocenters. The van der Waals surface area contributed by atoms with Gasteiger partial charge in [0.2, 0.25) is 29.5 Å². The normalized spacial score (nSPS) is 13.4. The molecule has 0 aliphatic heterocycles. The number of hydrogen-bond acceptors (Lipinski definition) is 9. The van der Waals surface area contributed by atoms with E-state index in [0.717, 1.165) is 0 Å². The molecule has 0 aromatic rings. The van der Waals surface area contributed by atoms with Gasteiger partial charge in [0.1, 0.15) is 18.1 Å². The van der Waals surface area contributed by atoms with E-state index in [1.165, 1.54) is 0 Å². The highest BCUT2D eigenvalue weighted by Crippen LogP contribution is 2.06. The Morgan fingerprint density at radius 1 is 0.585 bits per heavy atom. The maximum atomic E-state index is 13.1. The first-order valence-corrected chi connectivity index (χ1v) is 12.7. The average Bonchev–Trinajstić information content (AvgIpc) is 2.87. The number of nitrogens with two attached hydrogens (primary N) is 7. The van der Waals surface area contributed by atoms with Crippen LogP contribution in [0.2, 0.25) is 0 Å². The fraction of sp³-hybridized carbons (Fsp3) is 0.636. The molecule has 0 aliphatic carbocycles. The van der Waals surface area contributed by atoms with Crippen LogP contribution >= 0.6 is 0 Å². The Bertz CT molecular complexity index is 980. The first-order valence-electron chi connectivity index (χ1n) is 12.7. The van der Waals surface area contributed by atoms with E-state index in [1.807, 2.05) is 0 Å². The Balaban J connectivity index is 5.58. The minimum Gasteiger partial charge on any atom is -0.480 e. The smallest absolute Gasteiger partial charge is 0.326 e. The molecule has 0 aliphatic rings. The maximum Gasteiger partial charge on any atom is 0.326 e. The van der Waals surface area contributed by atoms with Crippen molar-refractivity contribution in [2.24, 2.45) is 50.1 Å². The van der Waals surface area contributed by atoms with Crippen LogP contribution in [0, 0.1) is 0 Å². The number of carbonyl (C=O) groups is 6. The summed E-state index contributed by atoms with van der Waals surface area (Å²) in [6.45, 7) is 0.332. The Morgan fingerprint density at radius 3 is 1.37 bits per heavy atom. The van der Waals surface area contributed by atoms with Gasteiger partial charge in [0.15, 0.2) is 11.9 Å². The summed E-state index contributed by atoms with van der Waals surface area (Å²) in [5.41, 5.74) is 37.2. The second kappa shape index (κ2) is 19.4. The van der Waals surface area contributed by atoms with Gasteiger partial charge >= 0.3 is 5.97 Å². The molecule has 0 aromatic carbocycles. The summed E-state index contributed by atoms with van der Waals surface area (Å²) >= 11 is 0. The van der Waals surface area contributed by atoms with Crippen molar-refractivity contribution in [1.29, 1.82) is 0 Å². The van der Waals surface area contributed by atoms with Crippen molar-refractivity contribution in [3.05, 3.63) is 0 Å². The molecule has 4 unspecified atom stereocenters. The largest absolute Gasteiger partial charge is 0.480 e. The number of carboxylic acids is 1. The lowest BCUT2D eigenvalue weighted by molar-refractivity contribution is -0.142. The molecule has 0 saturated carbocycles. The number of aliphatic imine (C=N–C) groups is 2. The molecule has 19 heteroatoms. The number of hydrogen-bond donors (Lipinski definition) is 11. The van der Waals surface area contributed by atoms with Crippen LogP contribution < -0.4 is 56.1 Å². The third-order valence-corrected chi connectivity index (χ3v) is 5.49. The summed E-state index contributed by atoms with van der Waals surface area (Å²) in [6, 6.07) is -5.20. The fourth-order valence-electron chi connectivity index (χ4n) is 3.35. The Morgan fingerprint density at radius 2 is 0.976 bits per heavy atom. The van der Waals surface area contributed by atoms with Crippen molar-refractivity contribution in [2.45, 2.75) is 75.5 Å². The third-order valence-electron chi connectivity index (χ3n) is 5.49. The number of nitrogens with zero attached hydrogens (tertiary/aromatic N) is 2. The van der Waals surface area contributed by atoms with Crippen LogP contribution in [-0.2, 0) is 28.8 Å². The highest BCUT2D eigenvalue weighted by molar-refractivity contribution is 5.94. The number of primary amides is 2. The lowest BCUT2D eigenvalue weighted by Crippen LogP contribution is -2.57. The molecule has 0 bridgehead atoms. The quantitative estimate of drug-likeness (QED) is 0.0341. The van der Waals surface area contributed by atoms with Crippen LogP contribution in [0.1, 0.15) is 51.4 Å². The van der Waals surface area contributed by atoms with Gasteiger partial charge in [0.05, 0.1) is 6.04 Å². The van der Waals surface area contributed by atoms with Crippen LogP contribution in [0.4, 0.5) is 0 Å². The number of guanidine groups is 2. The molecule has 232 valence electrons. The van der Waals surface area contributed by atoms with Crippen LogP contribution in [0.3, 0.4) is 0 Å². The van der Waals surface area contributed by atoms with Gasteiger partial charge in [-0.3, -0.25) is 34.0 Å². The fourth-order valence-corrected chi connectivity index (χ4v) is 3.35. The molecule has 0 heterocycles. The van der Waals surface area contributed by atoms with Gasteiger partial charge in [-0.15, -0.1) is 0 Å². The number of carboxylic acid groups (broad SMARTS) is 1. The predicted octanol–water partition coefficient (Wildman–Crippen LogP) is -5.51. The highest BCUT2D eigenvalue weighted by atomic mass is 16.4. The predicted molar refractivity (Wildman–Crippen MR) is 148 cm³/mol. The van der Waals surface area contributed by atoms with Crippen LogP contribution in [0.5, 0.6) is 0 Å². The molecule has 0 saturated heterocycles. The third kappa shape index (κ3) is 17.5. The zero-order chi connectivity index (χ0) is 31.5. The van der Waals surface area contributed by atoms with Crippen molar-refractivity contribution >= 4 is 47.4 Å². The second-order valence-electron chi connectivity index (χ2n) is 9.04. The highest BCUT2D eigenvalue weighted by Gasteiger charge is 2.30. The average molecular weight is 587 g/mol. The molecule has 19 nitrogen and oxygen atoms in total. The molecule has 0 radical (unpaired) electrons. The molecule has 18 N–H and O–H groups in total. The first-order chi connectivity index (χ1) is 19.1. The number of carbonyl (C=O) groups excluding carboxylic acids is 5. The Kier molecular flexibility index (Phi) is 17.2. The van der Waals surface area contributed by atoms with Gasteiger partial charge < -0.3 is 61.2 Å². The minimum atomic E-state index is -1.42. The second-order valence-corrected chi connectivity index (χ2v) is 9.04. The van der Waals surface area contributed by atoms with Crippen molar-refractivity contribution in [3.8, 4) is 0 Å². The molecule has 0 fully saturated rings. The Labute approximate surface area is 236 Å². The van der Waals surface area contributed by atoms with Gasteiger partial charge in [-0.2, -0.15) is 0 Å². The summed E-state index contributed by atoms with van der Waals surface area (Å²) < 4.78 is 0. The van der Waals surface area contributed by atoms with Crippen molar-refractivity contribution in [2.75, 3.05) is 13.1 Å². The van der Waals surface area contributed by atoms with E-state index in [4.69, 9.17) is 40.1 Å². The lowest BCUT2D eigenvalue weighted by Gasteiger charge is -2.25.